The Kier molecular flexibility index (Phi) is 6.30. The Morgan fingerprint density at radius 3 is 2.41 bits per heavy atom. The third-order valence-electron chi connectivity index (χ3n) is 5.59. The Morgan fingerprint density at radius 1 is 1.03 bits per heavy atom. The van der Waals surface area contributed by atoms with Crippen molar-refractivity contribution < 1.29 is 22.7 Å². The molecule has 0 atom stereocenters. The number of carbonyl (C=O) groups excluding carboxylic acids is 2. The number of sulfonamides is 1. The fourth-order valence-electron chi connectivity index (χ4n) is 3.83. The Labute approximate surface area is 198 Å². The maximum atomic E-state index is 13.5. The second kappa shape index (κ2) is 9.18. The van der Waals surface area contributed by atoms with Crippen LogP contribution in [0.1, 0.15) is 18.1 Å². The van der Waals surface area contributed by atoms with Gasteiger partial charge in [-0.2, -0.15) is 4.31 Å². The van der Waals surface area contributed by atoms with Gasteiger partial charge in [0.05, 0.1) is 24.2 Å². The summed E-state index contributed by atoms with van der Waals surface area (Å²) in [6, 6.07) is 17.4. The Hall–Kier alpha value is -3.85. The molecule has 3 amide bonds. The van der Waals surface area contributed by atoms with Crippen LogP contribution in [0.2, 0.25) is 0 Å². The van der Waals surface area contributed by atoms with Crippen LogP contribution in [-0.2, 0) is 21.2 Å². The van der Waals surface area contributed by atoms with Crippen molar-refractivity contribution in [2.45, 2.75) is 25.2 Å². The van der Waals surface area contributed by atoms with Gasteiger partial charge in [-0.3, -0.25) is 9.69 Å². The normalized spacial score (nSPS) is 14.5. The van der Waals surface area contributed by atoms with Crippen molar-refractivity contribution in [3.8, 4) is 5.75 Å². The quantitative estimate of drug-likeness (QED) is 0.567. The number of hydrogen-bond acceptors (Lipinski definition) is 5. The third-order valence-corrected chi connectivity index (χ3v) is 7.34. The van der Waals surface area contributed by atoms with Gasteiger partial charge in [0.15, 0.2) is 0 Å². The van der Waals surface area contributed by atoms with E-state index in [4.69, 9.17) is 4.74 Å². The van der Waals surface area contributed by atoms with Crippen LogP contribution in [0.25, 0.3) is 0 Å². The standard InChI is InChI=1S/C25H25N3O5S/c1-4-18-10-12-19(13-11-18)28-25(30)27(21-7-5-6-8-23(21)34(28,31)32)16-24(29)26-20-15-17(2)9-14-22(20)33-3/h5-15H,4,16H2,1-3H3,(H,26,29). The summed E-state index contributed by atoms with van der Waals surface area (Å²) in [5.74, 6) is -0.0165. The number of anilines is 3. The van der Waals surface area contributed by atoms with Gasteiger partial charge in [-0.1, -0.05) is 37.3 Å². The largest absolute Gasteiger partial charge is 0.495 e. The van der Waals surface area contributed by atoms with Gasteiger partial charge in [-0.15, -0.1) is 0 Å². The first-order valence-corrected chi connectivity index (χ1v) is 12.2. The van der Waals surface area contributed by atoms with E-state index >= 15 is 0 Å². The van der Waals surface area contributed by atoms with Gasteiger partial charge in [0.1, 0.15) is 17.2 Å². The van der Waals surface area contributed by atoms with Crippen LogP contribution < -0.4 is 19.3 Å². The molecule has 34 heavy (non-hydrogen) atoms. The lowest BCUT2D eigenvalue weighted by atomic mass is 10.1. The van der Waals surface area contributed by atoms with Gasteiger partial charge in [0.2, 0.25) is 5.91 Å². The van der Waals surface area contributed by atoms with E-state index in [-0.39, 0.29) is 22.8 Å². The van der Waals surface area contributed by atoms with Crippen molar-refractivity contribution >= 4 is 39.0 Å². The van der Waals surface area contributed by atoms with E-state index in [0.29, 0.717) is 11.4 Å². The molecule has 0 saturated heterocycles. The zero-order valence-electron chi connectivity index (χ0n) is 19.1. The minimum atomic E-state index is -4.16. The second-order valence-electron chi connectivity index (χ2n) is 7.88. The van der Waals surface area contributed by atoms with Crippen LogP contribution >= 0.6 is 0 Å². The summed E-state index contributed by atoms with van der Waals surface area (Å²) in [6.45, 7) is 3.48. The number of aryl methyl sites for hydroxylation is 2. The van der Waals surface area contributed by atoms with Gasteiger partial charge in [-0.25, -0.2) is 13.2 Å². The summed E-state index contributed by atoms with van der Waals surface area (Å²) in [7, 11) is -2.66. The Balaban J connectivity index is 1.71. The third kappa shape index (κ3) is 4.22. The van der Waals surface area contributed by atoms with Gasteiger partial charge in [-0.05, 0) is 60.9 Å². The molecule has 1 aliphatic rings. The molecule has 4 rings (SSSR count). The molecule has 0 aromatic heterocycles. The maximum Gasteiger partial charge on any atom is 0.343 e. The molecule has 9 heteroatoms. The molecule has 1 aliphatic heterocycles. The van der Waals surface area contributed by atoms with E-state index in [9.17, 15) is 18.0 Å². The lowest BCUT2D eigenvalue weighted by Gasteiger charge is -2.35. The zero-order valence-corrected chi connectivity index (χ0v) is 19.9. The Morgan fingerprint density at radius 2 is 1.74 bits per heavy atom. The number of nitrogens with one attached hydrogen (secondary N) is 1. The average Bonchev–Trinajstić information content (AvgIpc) is 2.82. The summed E-state index contributed by atoms with van der Waals surface area (Å²) < 4.78 is 32.8. The molecule has 0 unspecified atom stereocenters. The molecule has 0 fully saturated rings. The minimum Gasteiger partial charge on any atom is -0.495 e. The van der Waals surface area contributed by atoms with Crippen molar-refractivity contribution in [3.63, 3.8) is 0 Å². The first kappa shape index (κ1) is 23.3. The number of urea groups is 1. The number of rotatable bonds is 6. The second-order valence-corrected chi connectivity index (χ2v) is 9.63. The van der Waals surface area contributed by atoms with Gasteiger partial charge >= 0.3 is 6.03 Å². The molecule has 1 heterocycles. The predicted octanol–water partition coefficient (Wildman–Crippen LogP) is 4.34. The van der Waals surface area contributed by atoms with E-state index in [2.05, 4.69) is 5.32 Å². The van der Waals surface area contributed by atoms with Crippen LogP contribution in [0.4, 0.5) is 21.9 Å². The summed E-state index contributed by atoms with van der Waals surface area (Å²) in [5, 5.41) is 2.77. The average molecular weight is 480 g/mol. The number of carbonyl (C=O) groups is 2. The molecule has 3 aromatic carbocycles. The number of ether oxygens (including phenoxy) is 1. The number of hydrogen-bond donors (Lipinski definition) is 1. The molecule has 0 radical (unpaired) electrons. The number of fused-ring (bicyclic) bond motifs is 1. The molecule has 1 N–H and O–H groups in total. The number of benzene rings is 3. The highest BCUT2D eigenvalue weighted by molar-refractivity contribution is 7.94. The predicted molar refractivity (Wildman–Crippen MR) is 131 cm³/mol. The molecule has 0 bridgehead atoms. The van der Waals surface area contributed by atoms with Crippen LogP contribution in [0.15, 0.2) is 71.6 Å². The molecule has 0 saturated carbocycles. The van der Waals surface area contributed by atoms with Crippen molar-refractivity contribution in [2.24, 2.45) is 0 Å². The monoisotopic (exact) mass is 479 g/mol. The number of amides is 3. The molecule has 0 aliphatic carbocycles. The van der Waals surface area contributed by atoms with Crippen LogP contribution in [-0.4, -0.2) is 34.0 Å². The number of methoxy groups -OCH3 is 1. The lowest BCUT2D eigenvalue weighted by Crippen LogP contribution is -2.53. The zero-order chi connectivity index (χ0) is 24.5. The van der Waals surface area contributed by atoms with Crippen LogP contribution in [0, 0.1) is 6.92 Å². The molecule has 8 nitrogen and oxygen atoms in total. The van der Waals surface area contributed by atoms with E-state index in [0.717, 1.165) is 21.9 Å². The number of nitrogens with zero attached hydrogens (tertiary/aromatic N) is 2. The summed E-state index contributed by atoms with van der Waals surface area (Å²) >= 11 is 0. The van der Waals surface area contributed by atoms with Gasteiger partial charge < -0.3 is 10.1 Å². The van der Waals surface area contributed by atoms with Gasteiger partial charge in [0.25, 0.3) is 10.0 Å². The van der Waals surface area contributed by atoms with E-state index in [1.165, 1.54) is 24.1 Å². The van der Waals surface area contributed by atoms with Crippen LogP contribution in [0.5, 0.6) is 5.75 Å². The van der Waals surface area contributed by atoms with E-state index in [1.54, 1.807) is 48.5 Å². The molecular weight excluding hydrogens is 454 g/mol. The molecule has 3 aromatic rings. The lowest BCUT2D eigenvalue weighted by molar-refractivity contribution is -0.114. The van der Waals surface area contributed by atoms with Crippen molar-refractivity contribution in [1.29, 1.82) is 0 Å². The van der Waals surface area contributed by atoms with Crippen molar-refractivity contribution in [1.82, 2.24) is 0 Å². The first-order chi connectivity index (χ1) is 16.3. The highest BCUT2D eigenvalue weighted by Crippen LogP contribution is 2.37. The fourth-order valence-corrected chi connectivity index (χ4v) is 5.43. The maximum absolute atomic E-state index is 13.5. The highest BCUT2D eigenvalue weighted by Gasteiger charge is 2.43. The van der Waals surface area contributed by atoms with E-state index in [1.807, 2.05) is 19.9 Å². The fraction of sp³-hybridized carbons (Fsp3) is 0.200. The van der Waals surface area contributed by atoms with Crippen molar-refractivity contribution in [2.75, 3.05) is 28.2 Å². The molecule has 0 spiro atoms. The van der Waals surface area contributed by atoms with Crippen molar-refractivity contribution in [3.05, 3.63) is 77.9 Å². The van der Waals surface area contributed by atoms with Gasteiger partial charge in [0, 0.05) is 0 Å². The smallest absolute Gasteiger partial charge is 0.343 e. The topological polar surface area (TPSA) is 96.0 Å². The Bertz CT molecular complexity index is 1350. The van der Waals surface area contributed by atoms with E-state index < -0.39 is 22.0 Å². The summed E-state index contributed by atoms with van der Waals surface area (Å²) in [5.41, 5.74) is 2.75. The first-order valence-electron chi connectivity index (χ1n) is 10.8. The molecule has 176 valence electrons. The molecular formula is C25H25N3O5S. The minimum absolute atomic E-state index is 0.0462. The van der Waals surface area contributed by atoms with Crippen LogP contribution in [0.3, 0.4) is 0 Å². The number of para-hydroxylation sites is 1. The SMILES string of the molecule is CCc1ccc(N2C(=O)N(CC(=O)Nc3cc(C)ccc3OC)c3ccccc3S2(=O)=O)cc1. The highest BCUT2D eigenvalue weighted by atomic mass is 32.2. The summed E-state index contributed by atoms with van der Waals surface area (Å²) in [4.78, 5) is 27.6. The summed E-state index contributed by atoms with van der Waals surface area (Å²) in [6.07, 6.45) is 0.776.